The van der Waals surface area contributed by atoms with Gasteiger partial charge in [-0.25, -0.2) is 31.9 Å². The van der Waals surface area contributed by atoms with E-state index in [1.54, 1.807) is 0 Å². The van der Waals surface area contributed by atoms with Crippen LogP contribution in [0.1, 0.15) is 0 Å². The van der Waals surface area contributed by atoms with Crippen LogP contribution in [0.2, 0.25) is 0 Å². The van der Waals surface area contributed by atoms with E-state index in [1.165, 1.54) is 41.6 Å². The molecule has 9 nitrogen and oxygen atoms in total. The number of sulfonamides is 1. The van der Waals surface area contributed by atoms with Crippen LogP contribution >= 0.6 is 0 Å². The number of nitrogens with zero attached hydrogens (tertiary/aromatic N) is 5. The van der Waals surface area contributed by atoms with E-state index in [0.717, 1.165) is 16.8 Å². The molecule has 25 heavy (non-hydrogen) atoms. The number of aromatic nitrogens is 5. The maximum Gasteiger partial charge on any atom is 0.266 e. The van der Waals surface area contributed by atoms with E-state index < -0.39 is 21.4 Å². The minimum atomic E-state index is -3.88. The average Bonchev–Trinajstić information content (AvgIpc) is 3.11. The predicted octanol–water partition coefficient (Wildman–Crippen LogP) is -0.0584. The molecule has 0 fully saturated rings. The second-order valence-electron chi connectivity index (χ2n) is 4.95. The molecule has 0 aliphatic rings. The summed E-state index contributed by atoms with van der Waals surface area (Å²) in [6.07, 6.45) is 2.74. The van der Waals surface area contributed by atoms with Crippen molar-refractivity contribution in [1.29, 1.82) is 0 Å². The fourth-order valence-corrected chi connectivity index (χ4v) is 3.10. The summed E-state index contributed by atoms with van der Waals surface area (Å²) < 4.78 is 42.1. The summed E-state index contributed by atoms with van der Waals surface area (Å²) in [6, 6.07) is 7.42. The van der Waals surface area contributed by atoms with Crippen LogP contribution in [0.25, 0.3) is 5.82 Å². The predicted molar refractivity (Wildman–Crippen MR) is 85.0 cm³/mol. The number of benzene rings is 1. The molecule has 0 aliphatic heterocycles. The smallest absolute Gasteiger partial charge is 0.266 e. The Kier molecular flexibility index (Phi) is 4.67. The second kappa shape index (κ2) is 6.91. The van der Waals surface area contributed by atoms with Gasteiger partial charge in [-0.1, -0.05) is 6.07 Å². The van der Waals surface area contributed by atoms with Gasteiger partial charge < -0.3 is 0 Å². The van der Waals surface area contributed by atoms with Crippen LogP contribution in [0.3, 0.4) is 0 Å². The molecule has 0 unspecified atom stereocenters. The van der Waals surface area contributed by atoms with E-state index in [9.17, 15) is 17.6 Å². The topological polar surface area (TPSA) is 112 Å². The zero-order valence-electron chi connectivity index (χ0n) is 12.8. The Bertz CT molecular complexity index is 1030. The summed E-state index contributed by atoms with van der Waals surface area (Å²) in [4.78, 5) is 15.4. The minimum absolute atomic E-state index is 0.00405. The van der Waals surface area contributed by atoms with Crippen molar-refractivity contribution in [1.82, 2.24) is 29.3 Å². The third-order valence-corrected chi connectivity index (χ3v) is 4.69. The summed E-state index contributed by atoms with van der Waals surface area (Å²) in [6.45, 7) is -0.0948. The van der Waals surface area contributed by atoms with Crippen LogP contribution in [-0.4, -0.2) is 39.5 Å². The number of rotatable bonds is 6. The van der Waals surface area contributed by atoms with Crippen LogP contribution < -0.4 is 10.3 Å². The molecule has 0 bridgehead atoms. The molecule has 1 aromatic carbocycles. The van der Waals surface area contributed by atoms with E-state index in [-0.39, 0.29) is 18.0 Å². The highest BCUT2D eigenvalue weighted by atomic mass is 32.2. The van der Waals surface area contributed by atoms with Gasteiger partial charge in [-0.2, -0.15) is 5.10 Å². The first-order valence-corrected chi connectivity index (χ1v) is 8.62. The SMILES string of the molecule is O=c1ccc(-n2cncn2)nn1CCNS(=O)(=O)c1cccc(F)c1. The molecule has 0 radical (unpaired) electrons. The molecule has 0 atom stereocenters. The molecule has 130 valence electrons. The van der Waals surface area contributed by atoms with Crippen LogP contribution in [0, 0.1) is 5.82 Å². The highest BCUT2D eigenvalue weighted by molar-refractivity contribution is 7.89. The third kappa shape index (κ3) is 3.95. The van der Waals surface area contributed by atoms with Crippen molar-refractivity contribution in [3.8, 4) is 5.82 Å². The summed E-state index contributed by atoms with van der Waals surface area (Å²) in [5.74, 6) is -0.286. The Morgan fingerprint density at radius 1 is 1.20 bits per heavy atom. The molecule has 2 heterocycles. The van der Waals surface area contributed by atoms with Crippen molar-refractivity contribution in [2.75, 3.05) is 6.54 Å². The maximum absolute atomic E-state index is 13.2. The number of halogens is 1. The van der Waals surface area contributed by atoms with Crippen molar-refractivity contribution < 1.29 is 12.8 Å². The van der Waals surface area contributed by atoms with Gasteiger partial charge in [0.05, 0.1) is 11.4 Å². The normalized spacial score (nSPS) is 11.6. The number of nitrogens with one attached hydrogen (secondary N) is 1. The highest BCUT2D eigenvalue weighted by Crippen LogP contribution is 2.09. The van der Waals surface area contributed by atoms with Crippen LogP contribution in [0.5, 0.6) is 0 Å². The lowest BCUT2D eigenvalue weighted by Gasteiger charge is -2.09. The molecular formula is C14H13FN6O3S. The third-order valence-electron chi connectivity index (χ3n) is 3.23. The van der Waals surface area contributed by atoms with Crippen molar-refractivity contribution in [2.45, 2.75) is 11.4 Å². The number of hydrogen-bond acceptors (Lipinski definition) is 6. The highest BCUT2D eigenvalue weighted by Gasteiger charge is 2.14. The van der Waals surface area contributed by atoms with Gasteiger partial charge in [0.25, 0.3) is 5.56 Å². The lowest BCUT2D eigenvalue weighted by molar-refractivity contribution is 0.541. The van der Waals surface area contributed by atoms with Gasteiger partial charge in [-0.05, 0) is 24.3 Å². The monoisotopic (exact) mass is 364 g/mol. The van der Waals surface area contributed by atoms with Gasteiger partial charge in [0.2, 0.25) is 10.0 Å². The van der Waals surface area contributed by atoms with E-state index >= 15 is 0 Å². The summed E-state index contributed by atoms with van der Waals surface area (Å²) in [5.41, 5.74) is -0.395. The molecule has 3 rings (SSSR count). The summed E-state index contributed by atoms with van der Waals surface area (Å²) in [7, 11) is -3.88. The van der Waals surface area contributed by atoms with Gasteiger partial charge in [0.15, 0.2) is 5.82 Å². The summed E-state index contributed by atoms with van der Waals surface area (Å²) in [5, 5.41) is 8.00. The standard InChI is InChI=1S/C14H13FN6O3S/c15-11-2-1-3-12(8-11)25(23,24)18-6-7-20-14(22)5-4-13(19-20)21-10-16-9-17-21/h1-5,8-10,18H,6-7H2. The van der Waals surface area contributed by atoms with Crippen molar-refractivity contribution >= 4 is 10.0 Å². The molecule has 0 saturated heterocycles. The second-order valence-corrected chi connectivity index (χ2v) is 6.72. The molecule has 0 spiro atoms. The lowest BCUT2D eigenvalue weighted by Crippen LogP contribution is -2.32. The maximum atomic E-state index is 13.2. The summed E-state index contributed by atoms with van der Waals surface area (Å²) >= 11 is 0. The van der Waals surface area contributed by atoms with Gasteiger partial charge in [0, 0.05) is 12.6 Å². The van der Waals surface area contributed by atoms with Crippen molar-refractivity contribution in [2.24, 2.45) is 0 Å². The van der Waals surface area contributed by atoms with E-state index in [2.05, 4.69) is 19.9 Å². The molecule has 0 amide bonds. The van der Waals surface area contributed by atoms with Crippen molar-refractivity contribution in [3.05, 3.63) is 65.2 Å². The Hall–Kier alpha value is -2.92. The minimum Gasteiger partial charge on any atom is -0.268 e. The van der Waals surface area contributed by atoms with E-state index in [0.29, 0.717) is 5.82 Å². The Morgan fingerprint density at radius 3 is 2.76 bits per heavy atom. The Balaban J connectivity index is 1.72. The first kappa shape index (κ1) is 16.9. The van der Waals surface area contributed by atoms with Crippen LogP contribution in [0.4, 0.5) is 4.39 Å². The molecular weight excluding hydrogens is 351 g/mol. The Morgan fingerprint density at radius 2 is 2.04 bits per heavy atom. The van der Waals surface area contributed by atoms with Gasteiger partial charge in [-0.15, -0.1) is 5.10 Å². The molecule has 3 aromatic rings. The molecule has 1 N–H and O–H groups in total. The van der Waals surface area contributed by atoms with Crippen LogP contribution in [0.15, 0.2) is 58.7 Å². The first-order chi connectivity index (χ1) is 12.0. The van der Waals surface area contributed by atoms with Gasteiger partial charge in [0.1, 0.15) is 18.5 Å². The van der Waals surface area contributed by atoms with Gasteiger partial charge >= 0.3 is 0 Å². The van der Waals surface area contributed by atoms with Gasteiger partial charge in [-0.3, -0.25) is 4.79 Å². The molecule has 0 aliphatic carbocycles. The van der Waals surface area contributed by atoms with E-state index in [1.807, 2.05) is 0 Å². The van der Waals surface area contributed by atoms with Crippen molar-refractivity contribution in [3.63, 3.8) is 0 Å². The molecule has 2 aromatic heterocycles. The first-order valence-electron chi connectivity index (χ1n) is 7.14. The quantitative estimate of drug-likeness (QED) is 0.656. The fourth-order valence-electron chi connectivity index (χ4n) is 2.05. The largest absolute Gasteiger partial charge is 0.268 e. The average molecular weight is 364 g/mol. The zero-order chi connectivity index (χ0) is 17.9. The fraction of sp³-hybridized carbons (Fsp3) is 0.143. The van der Waals surface area contributed by atoms with E-state index in [4.69, 9.17) is 0 Å². The zero-order valence-corrected chi connectivity index (χ0v) is 13.6. The Labute approximate surface area is 141 Å². The lowest BCUT2D eigenvalue weighted by atomic mass is 10.4. The van der Waals surface area contributed by atoms with Crippen LogP contribution in [-0.2, 0) is 16.6 Å². The molecule has 11 heteroatoms. The number of hydrogen-bond donors (Lipinski definition) is 1. The molecule has 0 saturated carbocycles.